The Labute approximate surface area is 133 Å². The maximum Gasteiger partial charge on any atom is 0.311 e. The first-order valence-electron chi connectivity index (χ1n) is 7.26. The summed E-state index contributed by atoms with van der Waals surface area (Å²) in [6.07, 6.45) is 0.748. The first-order valence-corrected chi connectivity index (χ1v) is 7.26. The van der Waals surface area contributed by atoms with Crippen LogP contribution in [0.1, 0.15) is 18.4 Å². The van der Waals surface area contributed by atoms with Gasteiger partial charge in [-0.2, -0.15) is 5.26 Å². The van der Waals surface area contributed by atoms with E-state index in [1.165, 1.54) is 0 Å². The third kappa shape index (κ3) is 4.44. The smallest absolute Gasteiger partial charge is 0.311 e. The van der Waals surface area contributed by atoms with Gasteiger partial charge in [-0.05, 0) is 37.1 Å². The fourth-order valence-corrected chi connectivity index (χ4v) is 2.32. The highest BCUT2D eigenvalue weighted by molar-refractivity contribution is 5.80. The molecule has 1 aromatic rings. The number of nitriles is 1. The minimum atomic E-state index is -0.970. The molecule has 1 aliphatic rings. The van der Waals surface area contributed by atoms with E-state index < -0.39 is 11.4 Å². The van der Waals surface area contributed by atoms with Gasteiger partial charge in [0.25, 0.3) is 5.91 Å². The van der Waals surface area contributed by atoms with E-state index in [-0.39, 0.29) is 19.1 Å². The summed E-state index contributed by atoms with van der Waals surface area (Å²) in [6, 6.07) is 8.37. The number of nitrogens with one attached hydrogen (secondary N) is 1. The highest BCUT2D eigenvalue weighted by Gasteiger charge is 2.40. The summed E-state index contributed by atoms with van der Waals surface area (Å²) in [5.74, 6) is -0.839. The van der Waals surface area contributed by atoms with Gasteiger partial charge in [-0.15, -0.1) is 0 Å². The van der Waals surface area contributed by atoms with Crippen molar-refractivity contribution in [3.63, 3.8) is 0 Å². The lowest BCUT2D eigenvalue weighted by Gasteiger charge is -2.33. The number of carboxylic acid groups (broad SMARTS) is 1. The fourth-order valence-electron chi connectivity index (χ4n) is 2.32. The summed E-state index contributed by atoms with van der Waals surface area (Å²) in [6.45, 7) is 0.604. The standard InChI is InChI=1S/C16H18N2O5/c17-9-12-1-3-13(4-2-12)23-10-14(19)18-11-16(15(20)21)5-7-22-8-6-16/h1-4H,5-8,10-11H2,(H,18,19)(H,20,21). The first kappa shape index (κ1) is 16.8. The van der Waals surface area contributed by atoms with E-state index >= 15 is 0 Å². The molecule has 0 aromatic heterocycles. The Hall–Kier alpha value is -2.59. The normalized spacial score (nSPS) is 16.1. The van der Waals surface area contributed by atoms with Crippen LogP contribution >= 0.6 is 0 Å². The molecule has 0 bridgehead atoms. The molecular formula is C16H18N2O5. The van der Waals surface area contributed by atoms with Crippen molar-refractivity contribution in [2.24, 2.45) is 5.41 Å². The Bertz CT molecular complexity index is 600. The SMILES string of the molecule is N#Cc1ccc(OCC(=O)NCC2(C(=O)O)CCOCC2)cc1. The number of nitrogens with zero attached hydrogens (tertiary/aromatic N) is 1. The second-order valence-electron chi connectivity index (χ2n) is 5.40. The third-order valence-electron chi connectivity index (χ3n) is 3.88. The van der Waals surface area contributed by atoms with Crippen molar-refractivity contribution in [1.29, 1.82) is 5.26 Å². The molecule has 7 heteroatoms. The Kier molecular flexibility index (Phi) is 5.55. The molecule has 0 radical (unpaired) electrons. The molecule has 2 rings (SSSR count). The summed E-state index contributed by atoms with van der Waals surface area (Å²) < 4.78 is 10.5. The van der Waals surface area contributed by atoms with Gasteiger partial charge in [-0.25, -0.2) is 0 Å². The number of carbonyl (C=O) groups excluding carboxylic acids is 1. The van der Waals surface area contributed by atoms with Crippen LogP contribution in [0.3, 0.4) is 0 Å². The molecule has 1 saturated heterocycles. The molecule has 1 amide bonds. The predicted octanol–water partition coefficient (Wildman–Crippen LogP) is 0.935. The Balaban J connectivity index is 1.82. The zero-order valence-corrected chi connectivity index (χ0v) is 12.6. The van der Waals surface area contributed by atoms with Crippen molar-refractivity contribution in [2.45, 2.75) is 12.8 Å². The van der Waals surface area contributed by atoms with Crippen LogP contribution in [-0.2, 0) is 14.3 Å². The van der Waals surface area contributed by atoms with E-state index in [4.69, 9.17) is 14.7 Å². The topological polar surface area (TPSA) is 109 Å². The highest BCUT2D eigenvalue weighted by atomic mass is 16.5. The molecule has 7 nitrogen and oxygen atoms in total. The molecule has 23 heavy (non-hydrogen) atoms. The molecule has 122 valence electrons. The minimum absolute atomic E-state index is 0.0568. The minimum Gasteiger partial charge on any atom is -0.484 e. The maximum atomic E-state index is 11.8. The predicted molar refractivity (Wildman–Crippen MR) is 79.8 cm³/mol. The first-order chi connectivity index (χ1) is 11.1. The van der Waals surface area contributed by atoms with Gasteiger partial charge in [-0.3, -0.25) is 9.59 Å². The van der Waals surface area contributed by atoms with Crippen LogP contribution in [0.5, 0.6) is 5.75 Å². The zero-order valence-electron chi connectivity index (χ0n) is 12.6. The zero-order chi connectivity index (χ0) is 16.7. The van der Waals surface area contributed by atoms with Crippen LogP contribution in [0.2, 0.25) is 0 Å². The summed E-state index contributed by atoms with van der Waals surface area (Å²) in [7, 11) is 0. The van der Waals surface area contributed by atoms with Crippen LogP contribution in [0.4, 0.5) is 0 Å². The molecule has 0 spiro atoms. The van der Waals surface area contributed by atoms with Crippen LogP contribution in [-0.4, -0.2) is 43.3 Å². The number of hydrogen-bond acceptors (Lipinski definition) is 5. The number of carboxylic acids is 1. The molecule has 1 aromatic carbocycles. The van der Waals surface area contributed by atoms with Crippen molar-refractivity contribution >= 4 is 11.9 Å². The van der Waals surface area contributed by atoms with Gasteiger partial charge in [0.1, 0.15) is 5.75 Å². The van der Waals surface area contributed by atoms with E-state index in [0.29, 0.717) is 37.4 Å². The van der Waals surface area contributed by atoms with E-state index in [2.05, 4.69) is 5.32 Å². The van der Waals surface area contributed by atoms with Crippen molar-refractivity contribution in [3.05, 3.63) is 29.8 Å². The van der Waals surface area contributed by atoms with Gasteiger partial charge in [0.05, 0.1) is 17.0 Å². The number of benzene rings is 1. The maximum absolute atomic E-state index is 11.8. The van der Waals surface area contributed by atoms with Crippen molar-refractivity contribution < 1.29 is 24.2 Å². The van der Waals surface area contributed by atoms with Gasteiger partial charge in [-0.1, -0.05) is 0 Å². The lowest BCUT2D eigenvalue weighted by Crippen LogP contribution is -2.47. The van der Waals surface area contributed by atoms with Crippen LogP contribution in [0.15, 0.2) is 24.3 Å². The van der Waals surface area contributed by atoms with Gasteiger partial charge in [0, 0.05) is 19.8 Å². The Morgan fingerprint density at radius 1 is 1.30 bits per heavy atom. The van der Waals surface area contributed by atoms with E-state index in [0.717, 1.165) is 0 Å². The van der Waals surface area contributed by atoms with Crippen LogP contribution in [0.25, 0.3) is 0 Å². The second-order valence-corrected chi connectivity index (χ2v) is 5.40. The monoisotopic (exact) mass is 318 g/mol. The van der Waals surface area contributed by atoms with Gasteiger partial charge in [0.15, 0.2) is 6.61 Å². The molecule has 0 atom stereocenters. The lowest BCUT2D eigenvalue weighted by molar-refractivity contribution is -0.154. The van der Waals surface area contributed by atoms with Crippen LogP contribution in [0, 0.1) is 16.7 Å². The quantitative estimate of drug-likeness (QED) is 0.808. The Morgan fingerprint density at radius 3 is 2.52 bits per heavy atom. The fraction of sp³-hybridized carbons (Fsp3) is 0.438. The van der Waals surface area contributed by atoms with E-state index in [1.54, 1.807) is 24.3 Å². The largest absolute Gasteiger partial charge is 0.484 e. The molecule has 1 aliphatic heterocycles. The average molecular weight is 318 g/mol. The van der Waals surface area contributed by atoms with Gasteiger partial charge >= 0.3 is 5.97 Å². The van der Waals surface area contributed by atoms with Gasteiger partial charge < -0.3 is 19.9 Å². The number of rotatable bonds is 6. The average Bonchev–Trinajstić information content (AvgIpc) is 2.59. The van der Waals surface area contributed by atoms with Crippen molar-refractivity contribution in [3.8, 4) is 11.8 Å². The number of amides is 1. The second kappa shape index (κ2) is 7.61. The lowest BCUT2D eigenvalue weighted by atomic mass is 9.80. The van der Waals surface area contributed by atoms with Gasteiger partial charge in [0.2, 0.25) is 0 Å². The Morgan fingerprint density at radius 2 is 1.96 bits per heavy atom. The van der Waals surface area contributed by atoms with E-state index in [9.17, 15) is 14.7 Å². The molecular weight excluding hydrogens is 300 g/mol. The summed E-state index contributed by atoms with van der Waals surface area (Å²) in [4.78, 5) is 23.3. The molecule has 2 N–H and O–H groups in total. The molecule has 0 unspecified atom stereocenters. The number of aliphatic carboxylic acids is 1. The summed E-state index contributed by atoms with van der Waals surface area (Å²) in [5.41, 5.74) is -0.466. The van der Waals surface area contributed by atoms with Crippen LogP contribution < -0.4 is 10.1 Å². The van der Waals surface area contributed by atoms with E-state index in [1.807, 2.05) is 6.07 Å². The van der Waals surface area contributed by atoms with Crippen molar-refractivity contribution in [2.75, 3.05) is 26.4 Å². The molecule has 1 heterocycles. The van der Waals surface area contributed by atoms with Crippen molar-refractivity contribution in [1.82, 2.24) is 5.32 Å². The summed E-state index contributed by atoms with van der Waals surface area (Å²) in [5, 5.41) is 20.7. The number of carbonyl (C=O) groups is 2. The third-order valence-corrected chi connectivity index (χ3v) is 3.88. The number of ether oxygens (including phenoxy) is 2. The summed E-state index contributed by atoms with van der Waals surface area (Å²) >= 11 is 0. The molecule has 0 saturated carbocycles. The molecule has 1 fully saturated rings. The highest BCUT2D eigenvalue weighted by Crippen LogP contribution is 2.30. The molecule has 0 aliphatic carbocycles. The number of hydrogen-bond donors (Lipinski definition) is 2.